The lowest BCUT2D eigenvalue weighted by atomic mass is 10.1. The summed E-state index contributed by atoms with van der Waals surface area (Å²) in [4.78, 5) is 5.69. The zero-order valence-corrected chi connectivity index (χ0v) is 12.6. The van der Waals surface area contributed by atoms with Gasteiger partial charge < -0.3 is 9.84 Å². The Bertz CT molecular complexity index is 650. The first kappa shape index (κ1) is 18.2. The lowest BCUT2D eigenvalue weighted by Gasteiger charge is -2.23. The average molecular weight is 344 g/mol. The van der Waals surface area contributed by atoms with Gasteiger partial charge in [0.25, 0.3) is 0 Å². The van der Waals surface area contributed by atoms with Gasteiger partial charge in [-0.3, -0.25) is 9.88 Å². The van der Waals surface area contributed by atoms with Gasteiger partial charge in [0.1, 0.15) is 11.6 Å². The van der Waals surface area contributed by atoms with Crippen LogP contribution in [-0.2, 0) is 13.1 Å². The molecule has 0 atom stereocenters. The molecule has 4 nitrogen and oxygen atoms in total. The standard InChI is InChI=1S/C16H16F4N2O2/c17-14-4-3-13(15(8-14)24-16(18,19)20)11-22(6-7-23)10-12-2-1-5-21-9-12/h1-5,8-9,23H,6-7,10-11H2. The van der Waals surface area contributed by atoms with Crippen molar-refractivity contribution < 1.29 is 27.4 Å². The first-order valence-corrected chi connectivity index (χ1v) is 7.13. The van der Waals surface area contributed by atoms with E-state index in [-0.39, 0.29) is 25.3 Å². The molecule has 0 aliphatic rings. The molecule has 0 spiro atoms. The molecular weight excluding hydrogens is 328 g/mol. The Kier molecular flexibility index (Phi) is 6.10. The molecule has 1 N–H and O–H groups in total. The van der Waals surface area contributed by atoms with Crippen molar-refractivity contribution in [3.05, 3.63) is 59.7 Å². The van der Waals surface area contributed by atoms with Crippen LogP contribution >= 0.6 is 0 Å². The number of ether oxygens (including phenoxy) is 1. The normalized spacial score (nSPS) is 11.8. The Morgan fingerprint density at radius 3 is 2.58 bits per heavy atom. The number of aliphatic hydroxyl groups excluding tert-OH is 1. The van der Waals surface area contributed by atoms with Crippen LogP contribution in [-0.4, -0.2) is 34.5 Å². The van der Waals surface area contributed by atoms with Crippen LogP contribution in [0.2, 0.25) is 0 Å². The van der Waals surface area contributed by atoms with E-state index >= 15 is 0 Å². The largest absolute Gasteiger partial charge is 0.573 e. The summed E-state index contributed by atoms with van der Waals surface area (Å²) in [6, 6.07) is 6.56. The SMILES string of the molecule is OCCN(Cc1cccnc1)Cc1ccc(F)cc1OC(F)(F)F. The molecule has 2 aromatic rings. The summed E-state index contributed by atoms with van der Waals surface area (Å²) >= 11 is 0. The molecule has 0 radical (unpaired) electrons. The van der Waals surface area contributed by atoms with Crippen LogP contribution in [0.5, 0.6) is 5.75 Å². The molecule has 1 aromatic heterocycles. The fourth-order valence-electron chi connectivity index (χ4n) is 2.22. The zero-order chi connectivity index (χ0) is 17.6. The molecule has 2 rings (SSSR count). The fourth-order valence-corrected chi connectivity index (χ4v) is 2.22. The molecule has 8 heteroatoms. The third kappa shape index (κ3) is 5.78. The molecular formula is C16H16F4N2O2. The molecule has 0 aliphatic carbocycles. The van der Waals surface area contributed by atoms with Crippen LogP contribution < -0.4 is 4.74 Å². The summed E-state index contributed by atoms with van der Waals surface area (Å²) in [6.07, 6.45) is -1.68. The van der Waals surface area contributed by atoms with Crippen LogP contribution in [0, 0.1) is 5.82 Å². The predicted molar refractivity (Wildman–Crippen MR) is 78.5 cm³/mol. The summed E-state index contributed by atoms with van der Waals surface area (Å²) in [6.45, 7) is 0.493. The number of rotatable bonds is 7. The van der Waals surface area contributed by atoms with Crippen LogP contribution in [0.4, 0.5) is 17.6 Å². The number of alkyl halides is 3. The lowest BCUT2D eigenvalue weighted by molar-refractivity contribution is -0.275. The maximum atomic E-state index is 13.2. The van der Waals surface area contributed by atoms with Crippen molar-refractivity contribution in [2.75, 3.05) is 13.2 Å². The van der Waals surface area contributed by atoms with Crippen LogP contribution in [0.25, 0.3) is 0 Å². The van der Waals surface area contributed by atoms with Crippen LogP contribution in [0.15, 0.2) is 42.7 Å². The third-order valence-corrected chi connectivity index (χ3v) is 3.19. The van der Waals surface area contributed by atoms with Gasteiger partial charge in [0.05, 0.1) is 6.61 Å². The molecule has 0 saturated carbocycles. The topological polar surface area (TPSA) is 45.6 Å². The van der Waals surface area contributed by atoms with Gasteiger partial charge in [0, 0.05) is 43.7 Å². The van der Waals surface area contributed by atoms with E-state index in [0.29, 0.717) is 12.6 Å². The monoisotopic (exact) mass is 344 g/mol. The van der Waals surface area contributed by atoms with Gasteiger partial charge in [0.2, 0.25) is 0 Å². The molecule has 24 heavy (non-hydrogen) atoms. The summed E-state index contributed by atoms with van der Waals surface area (Å²) in [5, 5.41) is 9.16. The van der Waals surface area contributed by atoms with Crippen molar-refractivity contribution >= 4 is 0 Å². The van der Waals surface area contributed by atoms with Gasteiger partial charge in [0.15, 0.2) is 0 Å². The molecule has 0 saturated heterocycles. The Balaban J connectivity index is 2.19. The second kappa shape index (κ2) is 8.07. The van der Waals surface area contributed by atoms with Gasteiger partial charge in [-0.15, -0.1) is 13.2 Å². The van der Waals surface area contributed by atoms with E-state index in [2.05, 4.69) is 9.72 Å². The first-order valence-electron chi connectivity index (χ1n) is 7.13. The summed E-state index contributed by atoms with van der Waals surface area (Å²) in [5.41, 5.74) is 1.01. The minimum Gasteiger partial charge on any atom is -0.405 e. The number of aromatic nitrogens is 1. The Morgan fingerprint density at radius 2 is 1.96 bits per heavy atom. The number of hydrogen-bond donors (Lipinski definition) is 1. The number of halogens is 4. The summed E-state index contributed by atoms with van der Waals surface area (Å²) in [5.74, 6) is -1.41. The number of nitrogens with zero attached hydrogens (tertiary/aromatic N) is 2. The van der Waals surface area contributed by atoms with Gasteiger partial charge in [-0.05, 0) is 17.7 Å². The number of aliphatic hydroxyl groups is 1. The van der Waals surface area contributed by atoms with Crippen molar-refractivity contribution in [2.45, 2.75) is 19.5 Å². The van der Waals surface area contributed by atoms with E-state index in [1.54, 1.807) is 23.4 Å². The molecule has 0 fully saturated rings. The van der Waals surface area contributed by atoms with Gasteiger partial charge in [-0.25, -0.2) is 4.39 Å². The minimum absolute atomic E-state index is 0.0567. The van der Waals surface area contributed by atoms with E-state index in [1.807, 2.05) is 6.07 Å². The Labute approximate surface area is 136 Å². The van der Waals surface area contributed by atoms with Crippen molar-refractivity contribution in [2.24, 2.45) is 0 Å². The van der Waals surface area contributed by atoms with E-state index in [4.69, 9.17) is 5.11 Å². The zero-order valence-electron chi connectivity index (χ0n) is 12.6. The number of pyridine rings is 1. The quantitative estimate of drug-likeness (QED) is 0.784. The van der Waals surface area contributed by atoms with E-state index in [9.17, 15) is 17.6 Å². The molecule has 0 amide bonds. The summed E-state index contributed by atoms with van der Waals surface area (Å²) in [7, 11) is 0. The smallest absolute Gasteiger partial charge is 0.405 e. The van der Waals surface area contributed by atoms with Crippen molar-refractivity contribution in [3.8, 4) is 5.75 Å². The highest BCUT2D eigenvalue weighted by Crippen LogP contribution is 2.28. The van der Waals surface area contributed by atoms with Crippen molar-refractivity contribution in [1.29, 1.82) is 0 Å². The minimum atomic E-state index is -4.91. The Hall–Kier alpha value is -2.19. The summed E-state index contributed by atoms with van der Waals surface area (Å²) < 4.78 is 54.6. The number of benzene rings is 1. The van der Waals surface area contributed by atoms with Gasteiger partial charge in [-0.2, -0.15) is 0 Å². The fraction of sp³-hybridized carbons (Fsp3) is 0.312. The average Bonchev–Trinajstić information content (AvgIpc) is 2.50. The second-order valence-corrected chi connectivity index (χ2v) is 5.10. The molecule has 0 unspecified atom stereocenters. The van der Waals surface area contributed by atoms with Crippen LogP contribution in [0.3, 0.4) is 0 Å². The molecule has 0 aliphatic heterocycles. The molecule has 130 valence electrons. The second-order valence-electron chi connectivity index (χ2n) is 5.10. The van der Waals surface area contributed by atoms with Crippen molar-refractivity contribution in [3.63, 3.8) is 0 Å². The highest BCUT2D eigenvalue weighted by molar-refractivity contribution is 5.34. The van der Waals surface area contributed by atoms with Crippen LogP contribution in [0.1, 0.15) is 11.1 Å². The maximum absolute atomic E-state index is 13.2. The first-order chi connectivity index (χ1) is 11.4. The third-order valence-electron chi connectivity index (χ3n) is 3.19. The van der Waals surface area contributed by atoms with Gasteiger partial charge in [-0.1, -0.05) is 12.1 Å². The van der Waals surface area contributed by atoms with E-state index in [0.717, 1.165) is 11.6 Å². The van der Waals surface area contributed by atoms with E-state index in [1.165, 1.54) is 6.07 Å². The highest BCUT2D eigenvalue weighted by atomic mass is 19.4. The molecule has 1 heterocycles. The highest BCUT2D eigenvalue weighted by Gasteiger charge is 2.32. The molecule has 0 bridgehead atoms. The molecule has 1 aromatic carbocycles. The lowest BCUT2D eigenvalue weighted by Crippen LogP contribution is -2.27. The maximum Gasteiger partial charge on any atom is 0.573 e. The predicted octanol–water partition coefficient (Wildman–Crippen LogP) is 3.11. The number of hydrogen-bond acceptors (Lipinski definition) is 4. The Morgan fingerprint density at radius 1 is 1.17 bits per heavy atom. The van der Waals surface area contributed by atoms with Crippen molar-refractivity contribution in [1.82, 2.24) is 9.88 Å². The van der Waals surface area contributed by atoms with Gasteiger partial charge >= 0.3 is 6.36 Å². The van der Waals surface area contributed by atoms with E-state index < -0.39 is 17.9 Å².